The summed E-state index contributed by atoms with van der Waals surface area (Å²) in [5, 5.41) is 10.4. The van der Waals surface area contributed by atoms with Crippen LogP contribution in [0.4, 0.5) is 0 Å². The van der Waals surface area contributed by atoms with Gasteiger partial charge in [-0.15, -0.1) is 0 Å². The van der Waals surface area contributed by atoms with Crippen molar-refractivity contribution in [2.45, 2.75) is 26.0 Å². The summed E-state index contributed by atoms with van der Waals surface area (Å²) in [6.45, 7) is 1.35. The third-order valence-electron chi connectivity index (χ3n) is 5.59. The molecule has 1 N–H and O–H groups in total. The number of carbonyl (C=O) groups is 3. The van der Waals surface area contributed by atoms with Crippen LogP contribution in [0, 0.1) is 6.92 Å². The van der Waals surface area contributed by atoms with Crippen LogP contribution in [0.15, 0.2) is 51.7 Å². The van der Waals surface area contributed by atoms with Crippen molar-refractivity contribution in [1.82, 2.24) is 4.90 Å². The Morgan fingerprint density at radius 1 is 1.12 bits per heavy atom. The highest BCUT2D eigenvalue weighted by Crippen LogP contribution is 2.29. The summed E-state index contributed by atoms with van der Waals surface area (Å²) in [6.07, 6.45) is 2.09. The molecule has 2 heterocycles. The molecule has 0 saturated heterocycles. The van der Waals surface area contributed by atoms with E-state index in [-0.39, 0.29) is 35.5 Å². The van der Waals surface area contributed by atoms with Gasteiger partial charge in [0.2, 0.25) is 0 Å². The van der Waals surface area contributed by atoms with Crippen LogP contribution in [-0.2, 0) is 16.1 Å². The fourth-order valence-electron chi connectivity index (χ4n) is 3.85. The Bertz CT molecular complexity index is 1300. The number of hydrogen-bond donors (Lipinski definition) is 1. The predicted molar refractivity (Wildman–Crippen MR) is 122 cm³/mol. The van der Waals surface area contributed by atoms with E-state index in [2.05, 4.69) is 0 Å². The van der Waals surface area contributed by atoms with E-state index in [1.54, 1.807) is 37.3 Å². The van der Waals surface area contributed by atoms with E-state index in [0.717, 1.165) is 4.90 Å². The molecule has 1 aliphatic rings. The van der Waals surface area contributed by atoms with Crippen molar-refractivity contribution < 1.29 is 28.6 Å². The van der Waals surface area contributed by atoms with Gasteiger partial charge in [0.15, 0.2) is 0 Å². The number of nitrogens with zero attached hydrogens (tertiary/aromatic N) is 1. The Hall–Kier alpha value is -3.59. The molecule has 2 aromatic carbocycles. The highest BCUT2D eigenvalue weighted by atomic mass is 32.2. The van der Waals surface area contributed by atoms with Gasteiger partial charge in [0.25, 0.3) is 11.8 Å². The first-order valence-corrected chi connectivity index (χ1v) is 11.6. The molecule has 0 bridgehead atoms. The smallest absolute Gasteiger partial charge is 0.336 e. The number of fused-ring (bicyclic) bond motifs is 2. The molecule has 0 radical (unpaired) electrons. The number of phenolic OH excluding ortho intramolecular Hbond substituents is 1. The second-order valence-electron chi connectivity index (χ2n) is 7.61. The lowest BCUT2D eigenvalue weighted by Crippen LogP contribution is -2.46. The SMILES string of the molecule is CSCCC(C(=O)OCc1cc(=O)oc2c(C)c(O)ccc12)N1C(=O)c2ccccc2C1=O. The molecular weight excluding hydrogens is 446 g/mol. The maximum atomic E-state index is 13.1. The molecule has 1 unspecified atom stereocenters. The highest BCUT2D eigenvalue weighted by Gasteiger charge is 2.43. The molecular formula is C24H21NO7S. The lowest BCUT2D eigenvalue weighted by atomic mass is 10.1. The van der Waals surface area contributed by atoms with E-state index in [9.17, 15) is 24.3 Å². The van der Waals surface area contributed by atoms with E-state index in [1.165, 1.54) is 23.9 Å². The first kappa shape index (κ1) is 22.6. The van der Waals surface area contributed by atoms with Gasteiger partial charge in [-0.1, -0.05) is 12.1 Å². The van der Waals surface area contributed by atoms with E-state index >= 15 is 0 Å². The number of ether oxygens (including phenoxy) is 1. The van der Waals surface area contributed by atoms with Crippen molar-refractivity contribution in [3.8, 4) is 5.75 Å². The van der Waals surface area contributed by atoms with Crippen LogP contribution in [-0.4, -0.2) is 45.8 Å². The molecule has 0 aliphatic carbocycles. The van der Waals surface area contributed by atoms with Gasteiger partial charge in [-0.05, 0) is 49.6 Å². The monoisotopic (exact) mass is 467 g/mol. The van der Waals surface area contributed by atoms with Gasteiger partial charge >= 0.3 is 11.6 Å². The van der Waals surface area contributed by atoms with Crippen molar-refractivity contribution in [2.24, 2.45) is 0 Å². The molecule has 1 aromatic heterocycles. The van der Waals surface area contributed by atoms with E-state index in [0.29, 0.717) is 22.3 Å². The van der Waals surface area contributed by atoms with E-state index in [4.69, 9.17) is 9.15 Å². The largest absolute Gasteiger partial charge is 0.508 e. The molecule has 1 aliphatic heterocycles. The Morgan fingerprint density at radius 3 is 2.42 bits per heavy atom. The van der Waals surface area contributed by atoms with E-state index in [1.807, 2.05) is 6.26 Å². The fraction of sp³-hybridized carbons (Fsp3) is 0.250. The number of aryl methyl sites for hydroxylation is 1. The lowest BCUT2D eigenvalue weighted by molar-refractivity contribution is -0.149. The average molecular weight is 467 g/mol. The summed E-state index contributed by atoms with van der Waals surface area (Å²) >= 11 is 1.48. The molecule has 0 saturated carbocycles. The van der Waals surface area contributed by atoms with Crippen LogP contribution in [0.3, 0.4) is 0 Å². The number of rotatable bonds is 7. The molecule has 1 atom stereocenters. The number of benzene rings is 2. The molecule has 3 aromatic rings. The Morgan fingerprint density at radius 2 is 1.79 bits per heavy atom. The molecule has 2 amide bonds. The topological polar surface area (TPSA) is 114 Å². The molecule has 0 fully saturated rings. The number of phenols is 1. The molecule has 8 nitrogen and oxygen atoms in total. The molecule has 9 heteroatoms. The van der Waals surface area contributed by atoms with Gasteiger partial charge in [0, 0.05) is 22.6 Å². The summed E-state index contributed by atoms with van der Waals surface area (Å²) in [7, 11) is 0. The van der Waals surface area contributed by atoms with Crippen molar-refractivity contribution in [3.05, 3.63) is 75.1 Å². The number of aromatic hydroxyl groups is 1. The Labute approximate surface area is 193 Å². The Balaban J connectivity index is 1.61. The second-order valence-corrected chi connectivity index (χ2v) is 8.59. The van der Waals surface area contributed by atoms with Gasteiger partial charge in [0.1, 0.15) is 24.0 Å². The van der Waals surface area contributed by atoms with Crippen LogP contribution in [0.5, 0.6) is 5.75 Å². The normalized spacial score (nSPS) is 13.9. The molecule has 170 valence electrons. The first-order valence-electron chi connectivity index (χ1n) is 10.2. The lowest BCUT2D eigenvalue weighted by Gasteiger charge is -2.24. The number of imide groups is 1. The van der Waals surface area contributed by atoms with Gasteiger partial charge in [0.05, 0.1) is 11.1 Å². The van der Waals surface area contributed by atoms with Crippen LogP contribution < -0.4 is 5.63 Å². The van der Waals surface area contributed by atoms with Crippen LogP contribution >= 0.6 is 11.8 Å². The number of thioether (sulfide) groups is 1. The van der Waals surface area contributed by atoms with E-state index < -0.39 is 29.5 Å². The van der Waals surface area contributed by atoms with Crippen molar-refractivity contribution in [3.63, 3.8) is 0 Å². The summed E-state index contributed by atoms with van der Waals surface area (Å²) in [5.41, 5.74) is 0.845. The maximum Gasteiger partial charge on any atom is 0.336 e. The average Bonchev–Trinajstić information content (AvgIpc) is 3.06. The number of carbonyl (C=O) groups excluding carboxylic acids is 3. The zero-order chi connectivity index (χ0) is 23.7. The number of hydrogen-bond acceptors (Lipinski definition) is 8. The zero-order valence-electron chi connectivity index (χ0n) is 18.0. The summed E-state index contributed by atoms with van der Waals surface area (Å²) in [6, 6.07) is 9.58. The Kier molecular flexibility index (Phi) is 6.24. The maximum absolute atomic E-state index is 13.1. The molecule has 33 heavy (non-hydrogen) atoms. The van der Waals surface area contributed by atoms with Crippen LogP contribution in [0.1, 0.15) is 38.3 Å². The van der Waals surface area contributed by atoms with Gasteiger partial charge in [-0.2, -0.15) is 11.8 Å². The molecule has 4 rings (SSSR count). The summed E-state index contributed by atoms with van der Waals surface area (Å²) in [4.78, 5) is 51.8. The van der Waals surface area contributed by atoms with Gasteiger partial charge in [-0.3, -0.25) is 14.5 Å². The molecule has 0 spiro atoms. The van der Waals surface area contributed by atoms with Crippen LogP contribution in [0.2, 0.25) is 0 Å². The quantitative estimate of drug-likeness (QED) is 0.320. The van der Waals surface area contributed by atoms with Crippen molar-refractivity contribution in [1.29, 1.82) is 0 Å². The fourth-order valence-corrected chi connectivity index (χ4v) is 4.31. The highest BCUT2D eigenvalue weighted by molar-refractivity contribution is 7.98. The minimum Gasteiger partial charge on any atom is -0.508 e. The third-order valence-corrected chi connectivity index (χ3v) is 6.24. The number of esters is 1. The zero-order valence-corrected chi connectivity index (χ0v) is 18.8. The summed E-state index contributed by atoms with van der Waals surface area (Å²) in [5.74, 6) is -1.30. The van der Waals surface area contributed by atoms with Crippen molar-refractivity contribution >= 4 is 40.5 Å². The van der Waals surface area contributed by atoms with Gasteiger partial charge in [-0.25, -0.2) is 9.59 Å². The second kappa shape index (κ2) is 9.11. The minimum atomic E-state index is -1.10. The predicted octanol–water partition coefficient (Wildman–Crippen LogP) is 3.27. The third kappa shape index (κ3) is 4.11. The van der Waals surface area contributed by atoms with Crippen LogP contribution in [0.25, 0.3) is 11.0 Å². The first-order chi connectivity index (χ1) is 15.8. The number of amides is 2. The minimum absolute atomic E-state index is 0.0254. The standard InChI is InChI=1S/C24H21NO7S/c1-13-19(26)8-7-15-14(11-20(27)32-21(13)15)12-31-24(30)18(9-10-33-2)25-22(28)16-5-3-4-6-17(16)23(25)29/h3-8,11,18,26H,9-10,12H2,1-2H3. The van der Waals surface area contributed by atoms with Crippen molar-refractivity contribution in [2.75, 3.05) is 12.0 Å². The summed E-state index contributed by atoms with van der Waals surface area (Å²) < 4.78 is 10.7. The van der Waals surface area contributed by atoms with Gasteiger partial charge < -0.3 is 14.3 Å².